The van der Waals surface area contributed by atoms with E-state index in [-0.39, 0.29) is 19.4 Å². The Hall–Kier alpha value is -5.75. The van der Waals surface area contributed by atoms with Crippen LogP contribution in [0.3, 0.4) is 0 Å². The van der Waals surface area contributed by atoms with Crippen molar-refractivity contribution in [3.05, 3.63) is 105 Å². The number of nitriles is 1. The Labute approximate surface area is 370 Å². The first-order valence-corrected chi connectivity index (χ1v) is 21.9. The SMILES string of the molecule is CC(C)(c1ccc(OCc2ccnc(N3CCN(CC4CCN(c5ccc6c(c5)C(=O)N(C5CCC(=O)NC5=O)C6=O)CC4)CC3)n2)cc1)c1cc(Cl)c(OCCCl)c(C#N)c1. The smallest absolute Gasteiger partial charge is 0.262 e. The van der Waals surface area contributed by atoms with Crippen LogP contribution in [0.1, 0.15) is 82.6 Å². The molecule has 0 radical (unpaired) electrons. The molecule has 0 aliphatic carbocycles. The first-order valence-electron chi connectivity index (χ1n) is 21.0. The zero-order valence-electron chi connectivity index (χ0n) is 34.7. The number of rotatable bonds is 13. The lowest BCUT2D eigenvalue weighted by Gasteiger charge is -2.39. The minimum Gasteiger partial charge on any atom is -0.489 e. The van der Waals surface area contributed by atoms with E-state index in [4.69, 9.17) is 37.7 Å². The molecule has 1 aromatic heterocycles. The number of amides is 4. The van der Waals surface area contributed by atoms with Gasteiger partial charge in [-0.15, -0.1) is 11.6 Å². The van der Waals surface area contributed by atoms with Gasteiger partial charge in [0.25, 0.3) is 11.8 Å². The van der Waals surface area contributed by atoms with Crippen molar-refractivity contribution < 1.29 is 28.7 Å². The van der Waals surface area contributed by atoms with Crippen molar-refractivity contribution in [2.75, 3.05) is 68.1 Å². The number of carbonyl (C=O) groups excluding carboxylic acids is 4. The van der Waals surface area contributed by atoms with Crippen molar-refractivity contribution in [3.63, 3.8) is 0 Å². The summed E-state index contributed by atoms with van der Waals surface area (Å²) in [5.74, 6) is 0.609. The predicted molar refractivity (Wildman–Crippen MR) is 234 cm³/mol. The molecule has 0 bridgehead atoms. The number of alkyl halides is 1. The summed E-state index contributed by atoms with van der Waals surface area (Å²) >= 11 is 12.3. The first kappa shape index (κ1) is 42.9. The fourth-order valence-corrected chi connectivity index (χ4v) is 9.11. The maximum Gasteiger partial charge on any atom is 0.262 e. The number of piperidine rings is 2. The van der Waals surface area contributed by atoms with Crippen LogP contribution in [0.5, 0.6) is 11.5 Å². The fraction of sp³-hybridized carbons (Fsp3) is 0.413. The van der Waals surface area contributed by atoms with Gasteiger partial charge in [-0.05, 0) is 84.8 Å². The zero-order valence-corrected chi connectivity index (χ0v) is 36.3. The molecule has 4 aromatic rings. The molecule has 4 aliphatic heterocycles. The normalized spacial score (nSPS) is 18.8. The van der Waals surface area contributed by atoms with Gasteiger partial charge in [0.15, 0.2) is 5.75 Å². The Morgan fingerprint density at radius 3 is 2.31 bits per heavy atom. The van der Waals surface area contributed by atoms with Gasteiger partial charge in [0, 0.05) is 69.5 Å². The highest BCUT2D eigenvalue weighted by Gasteiger charge is 2.45. The quantitative estimate of drug-likeness (QED) is 0.124. The molecule has 1 atom stereocenters. The molecule has 0 saturated carbocycles. The van der Waals surface area contributed by atoms with Gasteiger partial charge < -0.3 is 19.3 Å². The standard InChI is InChI=1S/C46H48Cl2N8O6/c1-46(2,32-23-30(26-49)41(38(48)24-32)61-22-14-47)31-3-6-35(7-4-31)62-28-33-11-15-50-45(51-33)55-20-18-53(19-21-55)27-29-12-16-54(17-13-29)34-5-8-36-37(25-34)44(60)56(43(36)59)39-9-10-40(57)52-42(39)58/h3-8,11,15,23-25,29,39H,9-10,12-14,16-22,27-28H2,1-2H3,(H,52,57,58). The number of nitrogens with one attached hydrogen (secondary N) is 1. The van der Waals surface area contributed by atoms with Crippen molar-refractivity contribution in [1.29, 1.82) is 5.26 Å². The zero-order chi connectivity index (χ0) is 43.5. The van der Waals surface area contributed by atoms with Crippen molar-refractivity contribution in [3.8, 4) is 17.6 Å². The monoisotopic (exact) mass is 878 g/mol. The van der Waals surface area contributed by atoms with Crippen LogP contribution in [0, 0.1) is 17.2 Å². The number of ether oxygens (including phenoxy) is 2. The maximum absolute atomic E-state index is 13.4. The molecule has 0 spiro atoms. The van der Waals surface area contributed by atoms with Crippen molar-refractivity contribution >= 4 is 58.5 Å². The minimum atomic E-state index is -0.975. The van der Waals surface area contributed by atoms with E-state index in [0.29, 0.717) is 57.6 Å². The lowest BCUT2D eigenvalue weighted by atomic mass is 9.77. The molecule has 8 rings (SSSR count). The number of fused-ring (bicyclic) bond motifs is 1. The fourth-order valence-electron chi connectivity index (χ4n) is 8.76. The Morgan fingerprint density at radius 1 is 0.855 bits per heavy atom. The van der Waals surface area contributed by atoms with E-state index >= 15 is 0 Å². The van der Waals surface area contributed by atoms with E-state index in [0.717, 1.165) is 86.1 Å². The predicted octanol–water partition coefficient (Wildman–Crippen LogP) is 5.96. The van der Waals surface area contributed by atoms with Gasteiger partial charge in [0.2, 0.25) is 17.8 Å². The van der Waals surface area contributed by atoms with Gasteiger partial charge in [-0.2, -0.15) is 5.26 Å². The van der Waals surface area contributed by atoms with E-state index in [1.807, 2.05) is 48.5 Å². The Kier molecular flexibility index (Phi) is 12.7. The van der Waals surface area contributed by atoms with Crippen LogP contribution in [0.25, 0.3) is 0 Å². The molecule has 4 aliphatic rings. The Balaban J connectivity index is 0.795. The number of hydrogen-bond donors (Lipinski definition) is 1. The lowest BCUT2D eigenvalue weighted by Crippen LogP contribution is -2.54. The number of anilines is 2. The number of piperazine rings is 1. The van der Waals surface area contributed by atoms with Crippen molar-refractivity contribution in [2.24, 2.45) is 5.92 Å². The summed E-state index contributed by atoms with van der Waals surface area (Å²) in [5, 5.41) is 12.4. The molecule has 1 unspecified atom stereocenters. The van der Waals surface area contributed by atoms with Crippen molar-refractivity contribution in [2.45, 2.75) is 57.6 Å². The highest BCUT2D eigenvalue weighted by atomic mass is 35.5. The summed E-state index contributed by atoms with van der Waals surface area (Å²) in [6.07, 6.45) is 4.02. The van der Waals surface area contributed by atoms with Crippen LogP contribution in [-0.2, 0) is 21.6 Å². The minimum absolute atomic E-state index is 0.0899. The number of halogens is 2. The summed E-state index contributed by atoms with van der Waals surface area (Å²) in [5.41, 5.74) is 4.12. The lowest BCUT2D eigenvalue weighted by molar-refractivity contribution is -0.136. The number of imide groups is 2. The molecule has 62 heavy (non-hydrogen) atoms. The second kappa shape index (κ2) is 18.3. The Bertz CT molecular complexity index is 2410. The van der Waals surface area contributed by atoms with Crippen LogP contribution >= 0.6 is 23.2 Å². The summed E-state index contributed by atoms with van der Waals surface area (Å²) in [4.78, 5) is 68.0. The average molecular weight is 880 g/mol. The van der Waals surface area contributed by atoms with Crippen molar-refractivity contribution in [1.82, 2.24) is 25.1 Å². The molecular weight excluding hydrogens is 831 g/mol. The van der Waals surface area contributed by atoms with Crippen LogP contribution in [0.4, 0.5) is 11.6 Å². The Morgan fingerprint density at radius 2 is 1.60 bits per heavy atom. The van der Waals surface area contributed by atoms with E-state index in [1.54, 1.807) is 18.3 Å². The highest BCUT2D eigenvalue weighted by molar-refractivity contribution is 6.32. The topological polar surface area (TPSA) is 161 Å². The second-order valence-electron chi connectivity index (χ2n) is 16.7. The van der Waals surface area contributed by atoms with Gasteiger partial charge in [-0.25, -0.2) is 9.97 Å². The maximum atomic E-state index is 13.4. The van der Waals surface area contributed by atoms with Crippen LogP contribution < -0.4 is 24.6 Å². The summed E-state index contributed by atoms with van der Waals surface area (Å²) in [6.45, 7) is 10.9. The van der Waals surface area contributed by atoms with E-state index in [1.165, 1.54) is 0 Å². The third-order valence-corrected chi connectivity index (χ3v) is 12.9. The molecule has 3 fully saturated rings. The molecule has 1 N–H and O–H groups in total. The molecular formula is C46H48Cl2N8O6. The van der Waals surface area contributed by atoms with Gasteiger partial charge in [-0.1, -0.05) is 37.6 Å². The molecule has 3 aromatic carbocycles. The molecule has 14 nitrogen and oxygen atoms in total. The van der Waals surface area contributed by atoms with Gasteiger partial charge in [0.05, 0.1) is 33.3 Å². The molecule has 322 valence electrons. The number of nitrogens with zero attached hydrogens (tertiary/aromatic N) is 7. The summed E-state index contributed by atoms with van der Waals surface area (Å²) in [6, 6.07) is 20.0. The number of carbonyl (C=O) groups is 4. The van der Waals surface area contributed by atoms with Gasteiger partial charge >= 0.3 is 0 Å². The first-order chi connectivity index (χ1) is 29.9. The number of hydrogen-bond acceptors (Lipinski definition) is 12. The van der Waals surface area contributed by atoms with E-state index in [2.05, 4.69) is 44.9 Å². The molecule has 3 saturated heterocycles. The average Bonchev–Trinajstić information content (AvgIpc) is 3.53. The van der Waals surface area contributed by atoms with Gasteiger partial charge in [-0.3, -0.25) is 34.3 Å². The van der Waals surface area contributed by atoms with Gasteiger partial charge in [0.1, 0.15) is 31.1 Å². The number of aromatic nitrogens is 2. The largest absolute Gasteiger partial charge is 0.489 e. The van der Waals surface area contributed by atoms with Crippen LogP contribution in [0.15, 0.2) is 66.9 Å². The summed E-state index contributed by atoms with van der Waals surface area (Å²) < 4.78 is 11.8. The third kappa shape index (κ3) is 8.93. The molecule has 4 amide bonds. The van der Waals surface area contributed by atoms with Crippen LogP contribution in [-0.4, -0.2) is 108 Å². The summed E-state index contributed by atoms with van der Waals surface area (Å²) in [7, 11) is 0. The van der Waals surface area contributed by atoms with E-state index < -0.39 is 35.1 Å². The number of benzene rings is 3. The molecule has 5 heterocycles. The second-order valence-corrected chi connectivity index (χ2v) is 17.5. The van der Waals surface area contributed by atoms with E-state index in [9.17, 15) is 24.4 Å². The third-order valence-electron chi connectivity index (χ3n) is 12.4. The highest BCUT2D eigenvalue weighted by Crippen LogP contribution is 2.39. The molecule has 16 heteroatoms. The van der Waals surface area contributed by atoms with Crippen LogP contribution in [0.2, 0.25) is 5.02 Å².